The Morgan fingerprint density at radius 3 is 1.30 bits per heavy atom. The van der Waals surface area contributed by atoms with Gasteiger partial charge in [0.05, 0.1) is 45.4 Å². The molecule has 106 heavy (non-hydrogen) atoms. The van der Waals surface area contributed by atoms with Crippen molar-refractivity contribution in [1.29, 1.82) is 0 Å². The molecular formula is C85H153O20P. The quantitative estimate of drug-likeness (QED) is 0.0182. The average molecular weight is 1530 g/mol. The van der Waals surface area contributed by atoms with E-state index in [0.29, 0.717) is 32.1 Å². The van der Waals surface area contributed by atoms with E-state index < -0.39 is 87.6 Å². The lowest BCUT2D eigenvalue weighted by Gasteiger charge is -2.47. The lowest BCUT2D eigenvalue weighted by molar-refractivity contribution is -0.338. The van der Waals surface area contributed by atoms with Crippen LogP contribution in [0.5, 0.6) is 0 Å². The standard InChI is InChI=1S/C85H153O20P/c1-12-21-25-29-32-35-37-38-39-40-41-42-45-48-52-56-67-92-81-79(93-68-59-72(90-11)57-53-49-28-24-15-4)77(105-106(88,99-64-19-8)100-65-20-9)74(70-89-10)102-83(81)98-71-75-76(104-85(87)97-63-18-7)78(91-66-55-51-47-44-36-33-30-26-22-13-2)80(82(103-75)95-61-16-5)94-69-60-73(101-84(86)96-62-17-6)58-54-50-46-43-34-31-27-23-14-3/h16-20,35,37,61,72-83H,6-9,12-15,21-34,36,38-60,62-71H2,1-5,10-11H3/b37-35-,61-16?/t72-,73-,74+,75+,76+,77+,78-,79-,80+,81+,82-,83+/m0/s1. The maximum absolute atomic E-state index is 14.8. The molecule has 2 heterocycles. The Balaban J connectivity index is 2.77. The van der Waals surface area contributed by atoms with Crippen LogP contribution in [-0.4, -0.2) is 166 Å². The van der Waals surface area contributed by atoms with Crippen LogP contribution < -0.4 is 0 Å². The number of carbonyl (C=O) groups excluding carboxylic acids is 2. The van der Waals surface area contributed by atoms with Crippen molar-refractivity contribution in [2.45, 2.75) is 378 Å². The van der Waals surface area contributed by atoms with E-state index in [-0.39, 0.29) is 72.2 Å². The maximum Gasteiger partial charge on any atom is 0.509 e. The molecular weight excluding hydrogens is 1370 g/mol. The van der Waals surface area contributed by atoms with E-state index in [0.717, 1.165) is 109 Å². The molecule has 21 heteroatoms. The van der Waals surface area contributed by atoms with Crippen LogP contribution >= 0.6 is 7.82 Å². The molecule has 2 aliphatic heterocycles. The second-order valence-electron chi connectivity index (χ2n) is 28.4. The van der Waals surface area contributed by atoms with Crippen LogP contribution in [0.2, 0.25) is 0 Å². The first-order chi connectivity index (χ1) is 52.0. The van der Waals surface area contributed by atoms with Gasteiger partial charge in [-0.1, -0.05) is 282 Å². The van der Waals surface area contributed by atoms with E-state index in [4.69, 9.17) is 79.9 Å². The molecule has 0 aromatic rings. The van der Waals surface area contributed by atoms with Gasteiger partial charge in [-0.2, -0.15) is 0 Å². The van der Waals surface area contributed by atoms with Gasteiger partial charge in [0.15, 0.2) is 12.4 Å². The molecule has 0 unspecified atom stereocenters. The minimum Gasteiger partial charge on any atom is -0.470 e. The van der Waals surface area contributed by atoms with Gasteiger partial charge in [0.2, 0.25) is 6.29 Å². The fourth-order valence-corrected chi connectivity index (χ4v) is 14.6. The molecule has 12 atom stereocenters. The van der Waals surface area contributed by atoms with E-state index in [2.05, 4.69) is 66.2 Å². The topological polar surface area (TPSA) is 208 Å². The van der Waals surface area contributed by atoms with Crippen LogP contribution in [0.1, 0.15) is 304 Å². The fraction of sp³-hybridized carbons (Fsp3) is 0.835. The van der Waals surface area contributed by atoms with Crippen molar-refractivity contribution >= 4 is 20.1 Å². The number of rotatable bonds is 75. The fourth-order valence-electron chi connectivity index (χ4n) is 13.2. The van der Waals surface area contributed by atoms with Crippen molar-refractivity contribution in [2.24, 2.45) is 0 Å². The highest BCUT2D eigenvalue weighted by Gasteiger charge is 2.55. The summed E-state index contributed by atoms with van der Waals surface area (Å²) >= 11 is 0. The molecule has 20 nitrogen and oxygen atoms in total. The SMILES string of the molecule is C=CCOC(=O)O[C@@H](CCCCCCCCCCC)CCO[C@H]1[C@@H](OC=CC)O[C@H](CO[C@@H]2O[C@H](COC)[C@@H](OP(=O)(OCC=C)OCC=C)[C@H](OCC[C@H](CCCCCCC)OC)[C@H]2OCCCCCCCCCC/C=C\CCCCCC)[C@@H](OC(=O)OCC=C)[C@@H]1OCCCCCCCCCCCC. The number of unbranched alkanes of at least 4 members (excludes halogenated alkanes) is 33. The third kappa shape index (κ3) is 48.3. The Labute approximate surface area is 644 Å². The van der Waals surface area contributed by atoms with Crippen LogP contribution in [0.3, 0.4) is 0 Å². The summed E-state index contributed by atoms with van der Waals surface area (Å²) in [5.41, 5.74) is 0. The average Bonchev–Trinajstić information content (AvgIpc) is 0.782. The minimum atomic E-state index is -4.42. The smallest absolute Gasteiger partial charge is 0.470 e. The second-order valence-corrected chi connectivity index (χ2v) is 30.0. The summed E-state index contributed by atoms with van der Waals surface area (Å²) in [7, 11) is -1.17. The Morgan fingerprint density at radius 2 is 0.811 bits per heavy atom. The molecule has 2 fully saturated rings. The van der Waals surface area contributed by atoms with Crippen molar-refractivity contribution in [2.75, 3.05) is 80.3 Å². The number of allylic oxidation sites excluding steroid dienone is 3. The largest absolute Gasteiger partial charge is 0.509 e. The lowest BCUT2D eigenvalue weighted by Crippen LogP contribution is -2.64. The van der Waals surface area contributed by atoms with Gasteiger partial charge in [-0.05, 0) is 71.1 Å². The Hall–Kier alpha value is -3.47. The third-order valence-electron chi connectivity index (χ3n) is 19.2. The van der Waals surface area contributed by atoms with Gasteiger partial charge in [0.25, 0.3) is 0 Å². The monoisotopic (exact) mass is 1530 g/mol. The first-order valence-corrected chi connectivity index (χ1v) is 43.4. The van der Waals surface area contributed by atoms with E-state index in [1.807, 2.05) is 6.92 Å². The Morgan fingerprint density at radius 1 is 0.415 bits per heavy atom. The van der Waals surface area contributed by atoms with Crippen molar-refractivity contribution in [1.82, 2.24) is 0 Å². The summed E-state index contributed by atoms with van der Waals surface area (Å²) in [5.74, 6) is 0. The van der Waals surface area contributed by atoms with E-state index in [1.165, 1.54) is 166 Å². The molecule has 618 valence electrons. The van der Waals surface area contributed by atoms with Crippen molar-refractivity contribution in [3.8, 4) is 0 Å². The minimum absolute atomic E-state index is 0.00839. The molecule has 0 amide bonds. The number of methoxy groups -OCH3 is 2. The van der Waals surface area contributed by atoms with Gasteiger partial charge in [-0.15, -0.1) is 13.2 Å². The van der Waals surface area contributed by atoms with Crippen LogP contribution in [-0.2, 0) is 84.5 Å². The molecule has 0 radical (unpaired) electrons. The summed E-state index contributed by atoms with van der Waals surface area (Å²) in [6.45, 7) is 25.8. The molecule has 0 aromatic carbocycles. The molecule has 0 aromatic heterocycles. The first-order valence-electron chi connectivity index (χ1n) is 42.0. The normalized spacial score (nSPS) is 21.1. The zero-order valence-corrected chi connectivity index (χ0v) is 68.7. The zero-order chi connectivity index (χ0) is 77.0. The highest BCUT2D eigenvalue weighted by Crippen LogP contribution is 2.53. The molecule has 2 saturated heterocycles. The predicted molar refractivity (Wildman–Crippen MR) is 424 cm³/mol. The van der Waals surface area contributed by atoms with Crippen LogP contribution in [0.15, 0.2) is 75.1 Å². The molecule has 2 rings (SSSR count). The Kier molecular flexibility index (Phi) is 64.6. The van der Waals surface area contributed by atoms with Crippen LogP contribution in [0, 0.1) is 0 Å². The van der Waals surface area contributed by atoms with E-state index in [9.17, 15) is 14.2 Å². The van der Waals surface area contributed by atoms with Crippen molar-refractivity contribution < 1.29 is 94.0 Å². The highest BCUT2D eigenvalue weighted by atomic mass is 31.2. The molecule has 0 aliphatic carbocycles. The third-order valence-corrected chi connectivity index (χ3v) is 20.7. The van der Waals surface area contributed by atoms with E-state index in [1.54, 1.807) is 13.2 Å². The van der Waals surface area contributed by atoms with Gasteiger partial charge >= 0.3 is 20.1 Å². The highest BCUT2D eigenvalue weighted by molar-refractivity contribution is 7.48. The van der Waals surface area contributed by atoms with E-state index >= 15 is 0 Å². The van der Waals surface area contributed by atoms with Crippen LogP contribution in [0.4, 0.5) is 9.59 Å². The number of carbonyl (C=O) groups is 2. The molecule has 0 saturated carbocycles. The first kappa shape index (κ1) is 98.6. The molecule has 0 spiro atoms. The Bertz CT molecular complexity index is 2190. The van der Waals surface area contributed by atoms with Gasteiger partial charge in [0.1, 0.15) is 62.0 Å². The second kappa shape index (κ2) is 69.5. The predicted octanol–water partition coefficient (Wildman–Crippen LogP) is 22.5. The summed E-state index contributed by atoms with van der Waals surface area (Å²) in [5, 5.41) is 0. The summed E-state index contributed by atoms with van der Waals surface area (Å²) in [6, 6.07) is 0. The van der Waals surface area contributed by atoms with Gasteiger partial charge in [-0.3, -0.25) is 13.6 Å². The lowest BCUT2D eigenvalue weighted by atomic mass is 9.97. The molecule has 2 aliphatic rings. The molecule has 0 N–H and O–H groups in total. The van der Waals surface area contributed by atoms with Crippen LogP contribution in [0.25, 0.3) is 0 Å². The van der Waals surface area contributed by atoms with Gasteiger partial charge in [0, 0.05) is 40.5 Å². The zero-order valence-electron chi connectivity index (χ0n) is 67.8. The number of phosphoric acid groups is 1. The summed E-state index contributed by atoms with van der Waals surface area (Å²) < 4.78 is 123. The maximum atomic E-state index is 14.8. The summed E-state index contributed by atoms with van der Waals surface area (Å²) in [6.07, 6.45) is 45.5. The molecule has 0 bridgehead atoms. The number of hydrogen-bond acceptors (Lipinski definition) is 20. The van der Waals surface area contributed by atoms with Crippen molar-refractivity contribution in [3.63, 3.8) is 0 Å². The number of phosphoric ester groups is 1. The van der Waals surface area contributed by atoms with Crippen molar-refractivity contribution in [3.05, 3.63) is 75.1 Å². The number of hydrogen-bond donors (Lipinski definition) is 0. The van der Waals surface area contributed by atoms with Gasteiger partial charge < -0.3 is 66.3 Å². The summed E-state index contributed by atoms with van der Waals surface area (Å²) in [4.78, 5) is 27.1. The van der Waals surface area contributed by atoms with Gasteiger partial charge in [-0.25, -0.2) is 14.2 Å². The number of ether oxygens (including phenoxy) is 14.